The molecule has 1 amide bonds. The van der Waals surface area contributed by atoms with Crippen LogP contribution in [0.5, 0.6) is 5.75 Å². The van der Waals surface area contributed by atoms with Gasteiger partial charge in [0.15, 0.2) is 0 Å². The molecule has 1 unspecified atom stereocenters. The van der Waals surface area contributed by atoms with Gasteiger partial charge in [-0.1, -0.05) is 30.4 Å². The van der Waals surface area contributed by atoms with Crippen LogP contribution < -0.4 is 0 Å². The summed E-state index contributed by atoms with van der Waals surface area (Å²) < 4.78 is 27.2. The maximum atomic E-state index is 13.6. The number of aromatic carboxylic acids is 1. The summed E-state index contributed by atoms with van der Waals surface area (Å²) in [7, 11) is 0. The Morgan fingerprint density at radius 1 is 1.27 bits per heavy atom. The average molecular weight is 435 g/mol. The van der Waals surface area contributed by atoms with Crippen molar-refractivity contribution in [3.63, 3.8) is 0 Å². The zero-order chi connectivity index (χ0) is 21.7. The number of hydrogen-bond acceptors (Lipinski definition) is 4. The molecular formula is C22H23F2NO4S. The molecule has 1 aliphatic rings. The number of hydrogen-bond donors (Lipinski definition) is 2. The number of carbonyl (C=O) groups is 2. The highest BCUT2D eigenvalue weighted by molar-refractivity contribution is 7.13. The number of allylic oxidation sites excluding steroid dienone is 1. The van der Waals surface area contributed by atoms with E-state index in [0.29, 0.717) is 32.2 Å². The molecule has 1 aromatic heterocycles. The van der Waals surface area contributed by atoms with Gasteiger partial charge in [0.2, 0.25) is 12.3 Å². The molecule has 160 valence electrons. The molecule has 0 spiro atoms. The Balaban J connectivity index is 1.63. The van der Waals surface area contributed by atoms with Crippen LogP contribution in [0.2, 0.25) is 0 Å². The van der Waals surface area contributed by atoms with E-state index in [0.717, 1.165) is 4.88 Å². The van der Waals surface area contributed by atoms with Gasteiger partial charge < -0.3 is 15.1 Å². The third-order valence-corrected chi connectivity index (χ3v) is 6.31. The summed E-state index contributed by atoms with van der Waals surface area (Å²) in [5, 5.41) is 18.9. The largest absolute Gasteiger partial charge is 0.508 e. The predicted molar refractivity (Wildman–Crippen MR) is 110 cm³/mol. The second-order valence-corrected chi connectivity index (χ2v) is 8.34. The van der Waals surface area contributed by atoms with Crippen LogP contribution in [0.25, 0.3) is 0 Å². The van der Waals surface area contributed by atoms with Gasteiger partial charge in [-0.25, -0.2) is 13.6 Å². The molecule has 2 N–H and O–H groups in total. The minimum absolute atomic E-state index is 0.0155. The number of alkyl halides is 2. The van der Waals surface area contributed by atoms with Crippen LogP contribution in [0.4, 0.5) is 8.78 Å². The lowest BCUT2D eigenvalue weighted by atomic mass is 9.97. The smallest absolute Gasteiger partial charge is 0.345 e. The number of phenols is 1. The Hall–Kier alpha value is -2.74. The van der Waals surface area contributed by atoms with Crippen molar-refractivity contribution >= 4 is 23.2 Å². The van der Waals surface area contributed by atoms with Gasteiger partial charge in [-0.3, -0.25) is 4.79 Å². The van der Waals surface area contributed by atoms with Crippen molar-refractivity contribution in [2.24, 2.45) is 0 Å². The van der Waals surface area contributed by atoms with E-state index in [1.807, 2.05) is 0 Å². The van der Waals surface area contributed by atoms with Gasteiger partial charge in [0.25, 0.3) is 0 Å². The molecule has 3 rings (SSSR count). The van der Waals surface area contributed by atoms with Crippen LogP contribution in [0, 0.1) is 0 Å². The van der Waals surface area contributed by atoms with Crippen molar-refractivity contribution in [3.05, 3.63) is 63.9 Å². The van der Waals surface area contributed by atoms with Gasteiger partial charge in [0.05, 0.1) is 12.0 Å². The van der Waals surface area contributed by atoms with Crippen molar-refractivity contribution in [2.75, 3.05) is 6.54 Å². The van der Waals surface area contributed by atoms with E-state index in [2.05, 4.69) is 0 Å². The predicted octanol–water partition coefficient (Wildman–Crippen LogP) is 4.68. The van der Waals surface area contributed by atoms with Gasteiger partial charge in [0, 0.05) is 23.4 Å². The zero-order valence-corrected chi connectivity index (χ0v) is 17.0. The fraction of sp³-hybridized carbons (Fsp3) is 0.364. The van der Waals surface area contributed by atoms with Gasteiger partial charge >= 0.3 is 5.97 Å². The molecule has 1 fully saturated rings. The summed E-state index contributed by atoms with van der Waals surface area (Å²) in [6, 6.07) is 9.11. The molecular weight excluding hydrogens is 412 g/mol. The summed E-state index contributed by atoms with van der Waals surface area (Å²) >= 11 is 1.22. The van der Waals surface area contributed by atoms with E-state index in [9.17, 15) is 23.5 Å². The number of likely N-dealkylation sites (tertiary alicyclic amines) is 1. The molecule has 0 aliphatic carbocycles. The summed E-state index contributed by atoms with van der Waals surface area (Å²) in [6.07, 6.45) is 2.59. The van der Waals surface area contributed by atoms with Crippen LogP contribution in [-0.4, -0.2) is 46.0 Å². The SMILES string of the molecule is O=C(O)c1ccc(CCCN2C(=O)CC[C@@H]2/C=C/C(c2ccccc2O)C(F)F)s1. The summed E-state index contributed by atoms with van der Waals surface area (Å²) in [6.45, 7) is 0.476. The number of aryl methyl sites for hydroxylation is 1. The van der Waals surface area contributed by atoms with Gasteiger partial charge in [0.1, 0.15) is 10.6 Å². The minimum atomic E-state index is -2.68. The second kappa shape index (κ2) is 9.84. The van der Waals surface area contributed by atoms with E-state index >= 15 is 0 Å². The van der Waals surface area contributed by atoms with Gasteiger partial charge in [-0.05, 0) is 37.5 Å². The van der Waals surface area contributed by atoms with Gasteiger partial charge in [-0.15, -0.1) is 11.3 Å². The van der Waals surface area contributed by atoms with E-state index in [4.69, 9.17) is 5.11 Å². The first-order valence-electron chi connectivity index (χ1n) is 9.72. The van der Waals surface area contributed by atoms with Crippen LogP contribution in [-0.2, 0) is 11.2 Å². The number of rotatable bonds is 9. The number of phenolic OH excluding ortho intramolecular Hbond substituents is 1. The standard InChI is InChI=1S/C22H23F2NO4S/c23-21(24)17(16-5-1-2-6-18(16)26)10-7-14-8-12-20(27)25(14)13-3-4-15-9-11-19(30-15)22(28)29/h1-2,5-7,9-11,14,17,21,26H,3-4,8,12-13H2,(H,28,29)/b10-7+/t14-,17?/m0/s1. The third kappa shape index (κ3) is 5.24. The van der Waals surface area contributed by atoms with E-state index in [1.165, 1.54) is 29.5 Å². The first-order valence-corrected chi connectivity index (χ1v) is 10.5. The highest BCUT2D eigenvalue weighted by atomic mass is 32.1. The fourth-order valence-electron chi connectivity index (χ4n) is 3.64. The maximum absolute atomic E-state index is 13.6. The van der Waals surface area contributed by atoms with Crippen LogP contribution >= 0.6 is 11.3 Å². The maximum Gasteiger partial charge on any atom is 0.345 e. The third-order valence-electron chi connectivity index (χ3n) is 5.18. The minimum Gasteiger partial charge on any atom is -0.508 e. The van der Waals surface area contributed by atoms with Crippen molar-refractivity contribution < 1.29 is 28.6 Å². The number of nitrogens with zero attached hydrogens (tertiary/aromatic N) is 1. The Kier molecular flexibility index (Phi) is 7.20. The number of halogens is 2. The van der Waals surface area contributed by atoms with E-state index < -0.39 is 18.3 Å². The van der Waals surface area contributed by atoms with E-state index in [1.54, 1.807) is 35.2 Å². The normalized spacial score (nSPS) is 17.9. The number of carbonyl (C=O) groups excluding carboxylic acids is 1. The van der Waals surface area contributed by atoms with Crippen molar-refractivity contribution in [3.8, 4) is 5.75 Å². The molecule has 2 heterocycles. The van der Waals surface area contributed by atoms with Crippen molar-refractivity contribution in [2.45, 2.75) is 44.1 Å². The molecule has 5 nitrogen and oxygen atoms in total. The van der Waals surface area contributed by atoms with Crippen molar-refractivity contribution in [1.29, 1.82) is 0 Å². The molecule has 1 aromatic carbocycles. The Morgan fingerprint density at radius 2 is 2.03 bits per heavy atom. The summed E-state index contributed by atoms with van der Waals surface area (Å²) in [4.78, 5) is 26.1. The number of carboxylic acid groups (broad SMARTS) is 1. The van der Waals surface area contributed by atoms with Crippen molar-refractivity contribution in [1.82, 2.24) is 4.90 Å². The molecule has 0 radical (unpaired) electrons. The number of aromatic hydroxyl groups is 1. The molecule has 1 saturated heterocycles. The van der Waals surface area contributed by atoms with E-state index in [-0.39, 0.29) is 28.1 Å². The summed E-state index contributed by atoms with van der Waals surface area (Å²) in [5.41, 5.74) is 0.159. The van der Waals surface area contributed by atoms with Crippen LogP contribution in [0.15, 0.2) is 48.6 Å². The average Bonchev–Trinajstić information content (AvgIpc) is 3.31. The summed E-state index contributed by atoms with van der Waals surface area (Å²) in [5.74, 6) is -2.39. The number of thiophene rings is 1. The van der Waals surface area contributed by atoms with Gasteiger partial charge in [-0.2, -0.15) is 0 Å². The first kappa shape index (κ1) is 22.0. The lowest BCUT2D eigenvalue weighted by molar-refractivity contribution is -0.128. The van der Waals surface area contributed by atoms with Crippen LogP contribution in [0.3, 0.4) is 0 Å². The lowest BCUT2D eigenvalue weighted by Gasteiger charge is -2.23. The second-order valence-electron chi connectivity index (χ2n) is 7.17. The molecule has 8 heteroatoms. The number of amides is 1. The molecule has 0 bridgehead atoms. The topological polar surface area (TPSA) is 77.8 Å². The number of carboxylic acids is 1. The monoisotopic (exact) mass is 435 g/mol. The molecule has 30 heavy (non-hydrogen) atoms. The number of benzene rings is 1. The molecule has 1 aliphatic heterocycles. The fourth-order valence-corrected chi connectivity index (χ4v) is 4.53. The van der Waals surface area contributed by atoms with Crippen LogP contribution in [0.1, 0.15) is 45.3 Å². The Bertz CT molecular complexity index is 927. The first-order chi connectivity index (χ1) is 14.4. The Labute approximate surface area is 177 Å². The number of para-hydroxylation sites is 1. The lowest BCUT2D eigenvalue weighted by Crippen LogP contribution is -2.33. The zero-order valence-electron chi connectivity index (χ0n) is 16.2. The molecule has 2 aromatic rings. The Morgan fingerprint density at radius 3 is 2.70 bits per heavy atom. The highest BCUT2D eigenvalue weighted by Gasteiger charge is 2.30. The quantitative estimate of drug-likeness (QED) is 0.561. The molecule has 0 saturated carbocycles. The highest BCUT2D eigenvalue weighted by Crippen LogP contribution is 2.32. The molecule has 2 atom stereocenters.